The summed E-state index contributed by atoms with van der Waals surface area (Å²) in [6, 6.07) is 18.8. The van der Waals surface area contributed by atoms with Gasteiger partial charge in [0, 0.05) is 12.6 Å². The molecule has 2 atom stereocenters. The molecule has 3 nitrogen and oxygen atoms in total. The van der Waals surface area contributed by atoms with Crippen molar-refractivity contribution in [2.24, 2.45) is 4.99 Å². The molecule has 0 radical (unpaired) electrons. The minimum atomic E-state index is 0.158. The molecule has 2 aliphatic heterocycles. The molecule has 0 aromatic heterocycles. The van der Waals surface area contributed by atoms with Crippen LogP contribution in [0.25, 0.3) is 0 Å². The van der Waals surface area contributed by atoms with Crippen LogP contribution in [-0.4, -0.2) is 23.6 Å². The summed E-state index contributed by atoms with van der Waals surface area (Å²) >= 11 is 1.81. The Labute approximate surface area is 122 Å². The number of anilines is 2. The normalized spacial score (nSPS) is 23.6. The van der Waals surface area contributed by atoms with E-state index in [0.717, 1.165) is 5.04 Å². The lowest BCUT2D eigenvalue weighted by atomic mass is 10.2. The van der Waals surface area contributed by atoms with Gasteiger partial charge in [0.2, 0.25) is 0 Å². The van der Waals surface area contributed by atoms with Crippen molar-refractivity contribution >= 4 is 28.2 Å². The molecule has 2 aliphatic rings. The predicted molar refractivity (Wildman–Crippen MR) is 86.6 cm³/mol. The second-order valence-electron chi connectivity index (χ2n) is 5.02. The smallest absolute Gasteiger partial charge is 0.152 e. The third-order valence-corrected chi connectivity index (χ3v) is 4.94. The van der Waals surface area contributed by atoms with Crippen LogP contribution in [0.1, 0.15) is 5.56 Å². The highest BCUT2D eigenvalue weighted by Crippen LogP contribution is 2.41. The zero-order chi connectivity index (χ0) is 13.5. The Morgan fingerprint density at radius 1 is 1.05 bits per heavy atom. The molecule has 2 aromatic rings. The Bertz CT molecular complexity index is 668. The van der Waals surface area contributed by atoms with Crippen molar-refractivity contribution in [1.29, 1.82) is 0 Å². The lowest BCUT2D eigenvalue weighted by molar-refractivity contribution is 0.654. The van der Waals surface area contributed by atoms with Gasteiger partial charge in [0.05, 0.1) is 11.4 Å². The van der Waals surface area contributed by atoms with Gasteiger partial charge >= 0.3 is 0 Å². The van der Waals surface area contributed by atoms with Gasteiger partial charge in [-0.05, 0) is 12.1 Å². The summed E-state index contributed by atoms with van der Waals surface area (Å²) in [6.07, 6.45) is 0.158. The first kappa shape index (κ1) is 11.9. The van der Waals surface area contributed by atoms with E-state index < -0.39 is 0 Å². The van der Waals surface area contributed by atoms with Crippen LogP contribution in [0.4, 0.5) is 11.4 Å². The minimum Gasteiger partial charge on any atom is -0.368 e. The number of likely N-dealkylation sites (N-methyl/N-ethyl adjacent to an activating group) is 1. The summed E-state index contributed by atoms with van der Waals surface area (Å²) in [5, 5.41) is 5.00. The number of benzene rings is 2. The fourth-order valence-electron chi connectivity index (χ4n) is 2.72. The number of para-hydroxylation sites is 2. The van der Waals surface area contributed by atoms with Gasteiger partial charge in [-0.2, -0.15) is 0 Å². The number of hydrogen-bond donors (Lipinski definition) is 1. The fourth-order valence-corrected chi connectivity index (χ4v) is 3.95. The Hall–Kier alpha value is -1.94. The standard InChI is InChI=1S/C16H15N3S/c1-19-13-10-6-5-9-12(13)17-16-14(19)18-15(20-16)11-7-3-2-4-8-11/h2-10,14,16-17H,1H3/t14-,16-/m1/s1. The number of nitrogens with one attached hydrogen (secondary N) is 1. The highest BCUT2D eigenvalue weighted by molar-refractivity contribution is 8.15. The first-order valence-corrected chi connectivity index (χ1v) is 7.59. The molecule has 2 heterocycles. The Kier molecular flexibility index (Phi) is 2.70. The summed E-state index contributed by atoms with van der Waals surface area (Å²) in [5.74, 6) is 0. The van der Waals surface area contributed by atoms with Gasteiger partial charge in [-0.3, -0.25) is 0 Å². The van der Waals surface area contributed by atoms with E-state index >= 15 is 0 Å². The van der Waals surface area contributed by atoms with Gasteiger partial charge in [-0.1, -0.05) is 54.2 Å². The first-order chi connectivity index (χ1) is 9.83. The molecule has 0 aliphatic carbocycles. The molecule has 2 aromatic carbocycles. The maximum Gasteiger partial charge on any atom is 0.152 e. The molecular weight excluding hydrogens is 266 g/mol. The summed E-state index contributed by atoms with van der Waals surface area (Å²) < 4.78 is 0. The molecule has 0 bridgehead atoms. The summed E-state index contributed by atoms with van der Waals surface area (Å²) in [5.41, 5.74) is 3.60. The van der Waals surface area contributed by atoms with Crippen molar-refractivity contribution in [3.8, 4) is 0 Å². The molecule has 1 N–H and O–H groups in total. The zero-order valence-electron chi connectivity index (χ0n) is 11.2. The molecule has 0 fully saturated rings. The van der Waals surface area contributed by atoms with E-state index in [4.69, 9.17) is 4.99 Å². The zero-order valence-corrected chi connectivity index (χ0v) is 12.0. The maximum absolute atomic E-state index is 4.90. The highest BCUT2D eigenvalue weighted by Gasteiger charge is 2.37. The SMILES string of the molecule is CN1c2ccccc2N[C@@H]2SC(c3ccccc3)=N[C@@H]21. The molecule has 4 rings (SSSR count). The van der Waals surface area contributed by atoms with Crippen molar-refractivity contribution in [3.63, 3.8) is 0 Å². The lowest BCUT2D eigenvalue weighted by Crippen LogP contribution is -2.44. The monoisotopic (exact) mass is 281 g/mol. The first-order valence-electron chi connectivity index (χ1n) is 6.71. The Balaban J connectivity index is 1.70. The topological polar surface area (TPSA) is 27.6 Å². The molecular formula is C16H15N3S. The van der Waals surface area contributed by atoms with E-state index in [1.807, 2.05) is 17.8 Å². The average Bonchev–Trinajstić information content (AvgIpc) is 2.93. The third-order valence-electron chi connectivity index (χ3n) is 3.76. The van der Waals surface area contributed by atoms with Crippen LogP contribution in [-0.2, 0) is 0 Å². The molecule has 0 saturated heterocycles. The van der Waals surface area contributed by atoms with Crippen molar-refractivity contribution in [1.82, 2.24) is 0 Å². The van der Waals surface area contributed by atoms with E-state index in [9.17, 15) is 0 Å². The van der Waals surface area contributed by atoms with Crippen LogP contribution in [0.3, 0.4) is 0 Å². The van der Waals surface area contributed by atoms with Crippen LogP contribution in [0.15, 0.2) is 59.6 Å². The van der Waals surface area contributed by atoms with E-state index in [1.165, 1.54) is 16.9 Å². The van der Waals surface area contributed by atoms with Gasteiger partial charge < -0.3 is 10.2 Å². The average molecular weight is 281 g/mol. The highest BCUT2D eigenvalue weighted by atomic mass is 32.2. The number of fused-ring (bicyclic) bond motifs is 2. The molecule has 20 heavy (non-hydrogen) atoms. The molecule has 0 saturated carbocycles. The Morgan fingerprint density at radius 2 is 1.80 bits per heavy atom. The van der Waals surface area contributed by atoms with Crippen molar-refractivity contribution in [3.05, 3.63) is 60.2 Å². The third kappa shape index (κ3) is 1.79. The molecule has 100 valence electrons. The fraction of sp³-hybridized carbons (Fsp3) is 0.188. The van der Waals surface area contributed by atoms with Crippen LogP contribution in [0, 0.1) is 0 Å². The molecule has 0 spiro atoms. The Morgan fingerprint density at radius 3 is 2.65 bits per heavy atom. The van der Waals surface area contributed by atoms with E-state index in [1.54, 1.807) is 0 Å². The van der Waals surface area contributed by atoms with Gasteiger partial charge in [-0.15, -0.1) is 0 Å². The largest absolute Gasteiger partial charge is 0.368 e. The van der Waals surface area contributed by atoms with Gasteiger partial charge in [0.1, 0.15) is 10.4 Å². The van der Waals surface area contributed by atoms with Crippen LogP contribution in [0.5, 0.6) is 0 Å². The van der Waals surface area contributed by atoms with Crippen molar-refractivity contribution < 1.29 is 0 Å². The van der Waals surface area contributed by atoms with E-state index in [0.29, 0.717) is 0 Å². The van der Waals surface area contributed by atoms with Crippen LogP contribution in [0.2, 0.25) is 0 Å². The van der Waals surface area contributed by atoms with E-state index in [-0.39, 0.29) is 11.5 Å². The lowest BCUT2D eigenvalue weighted by Gasteiger charge is -2.36. The van der Waals surface area contributed by atoms with Crippen LogP contribution >= 0.6 is 11.8 Å². The number of rotatable bonds is 1. The number of aliphatic imine (C=N–C) groups is 1. The van der Waals surface area contributed by atoms with Gasteiger partial charge in [-0.25, -0.2) is 4.99 Å². The number of nitrogens with zero attached hydrogens (tertiary/aromatic N) is 2. The van der Waals surface area contributed by atoms with Gasteiger partial charge in [0.25, 0.3) is 0 Å². The maximum atomic E-state index is 4.90. The second-order valence-corrected chi connectivity index (χ2v) is 6.16. The summed E-state index contributed by atoms with van der Waals surface area (Å²) in [7, 11) is 2.12. The summed E-state index contributed by atoms with van der Waals surface area (Å²) in [4.78, 5) is 7.17. The van der Waals surface area contributed by atoms with Gasteiger partial charge in [0.15, 0.2) is 6.17 Å². The molecule has 0 amide bonds. The number of thioether (sulfide) groups is 1. The van der Waals surface area contributed by atoms with E-state index in [2.05, 4.69) is 65.8 Å². The second kappa shape index (κ2) is 4.56. The summed E-state index contributed by atoms with van der Waals surface area (Å²) in [6.45, 7) is 0. The number of hydrogen-bond acceptors (Lipinski definition) is 4. The molecule has 4 heteroatoms. The van der Waals surface area contributed by atoms with Crippen molar-refractivity contribution in [2.75, 3.05) is 17.3 Å². The molecule has 0 unspecified atom stereocenters. The predicted octanol–water partition coefficient (Wildman–Crippen LogP) is 3.39. The quantitative estimate of drug-likeness (QED) is 0.868. The minimum absolute atomic E-state index is 0.158. The van der Waals surface area contributed by atoms with Crippen LogP contribution < -0.4 is 10.2 Å². The van der Waals surface area contributed by atoms with Crippen molar-refractivity contribution in [2.45, 2.75) is 11.5 Å².